The van der Waals surface area contributed by atoms with Crippen molar-refractivity contribution >= 4 is 29.1 Å². The molecule has 0 aliphatic heterocycles. The molecule has 0 atom stereocenters. The molecule has 20 heavy (non-hydrogen) atoms. The second kappa shape index (κ2) is 7.75. The van der Waals surface area contributed by atoms with E-state index in [2.05, 4.69) is 5.32 Å². The van der Waals surface area contributed by atoms with E-state index in [1.54, 1.807) is 17.0 Å². The fraction of sp³-hybridized carbons (Fsp3) is 0.429. The third kappa shape index (κ3) is 4.42. The first kappa shape index (κ1) is 16.3. The standard InChI is InChI=1S/C14H20ClN3O2/c1-3-18(4-2)13(19)7-8-17-14(20)10-5-6-12(16)11(15)9-10/h5-6,9H,3-4,7-8,16H2,1-2H3,(H,17,20). The van der Waals surface area contributed by atoms with Gasteiger partial charge in [-0.15, -0.1) is 0 Å². The van der Waals surface area contributed by atoms with Crippen molar-refractivity contribution in [2.24, 2.45) is 0 Å². The summed E-state index contributed by atoms with van der Waals surface area (Å²) in [5.74, 6) is -0.232. The summed E-state index contributed by atoms with van der Waals surface area (Å²) in [5.41, 5.74) is 6.44. The van der Waals surface area contributed by atoms with Crippen molar-refractivity contribution in [1.82, 2.24) is 10.2 Å². The largest absolute Gasteiger partial charge is 0.398 e. The van der Waals surface area contributed by atoms with Gasteiger partial charge >= 0.3 is 0 Å². The first-order valence-corrected chi connectivity index (χ1v) is 6.98. The summed E-state index contributed by atoms with van der Waals surface area (Å²) in [7, 11) is 0. The molecular formula is C14H20ClN3O2. The molecule has 1 aromatic carbocycles. The molecule has 0 spiro atoms. The van der Waals surface area contributed by atoms with Crippen LogP contribution >= 0.6 is 11.6 Å². The van der Waals surface area contributed by atoms with Crippen LogP contribution < -0.4 is 11.1 Å². The third-order valence-electron chi connectivity index (χ3n) is 3.00. The van der Waals surface area contributed by atoms with Crippen LogP contribution in [-0.4, -0.2) is 36.3 Å². The fourth-order valence-corrected chi connectivity index (χ4v) is 1.97. The molecule has 0 aliphatic rings. The number of carbonyl (C=O) groups is 2. The molecule has 0 bridgehead atoms. The highest BCUT2D eigenvalue weighted by Gasteiger charge is 2.11. The lowest BCUT2D eigenvalue weighted by atomic mass is 10.2. The Morgan fingerprint density at radius 2 is 1.95 bits per heavy atom. The van der Waals surface area contributed by atoms with Crippen molar-refractivity contribution in [1.29, 1.82) is 0 Å². The minimum atomic E-state index is -0.265. The Balaban J connectivity index is 2.47. The van der Waals surface area contributed by atoms with Gasteiger partial charge in [0, 0.05) is 31.6 Å². The number of benzene rings is 1. The Hall–Kier alpha value is -1.75. The molecule has 1 rings (SSSR count). The van der Waals surface area contributed by atoms with E-state index in [4.69, 9.17) is 17.3 Å². The molecule has 2 amide bonds. The van der Waals surface area contributed by atoms with Crippen LogP contribution in [0.1, 0.15) is 30.6 Å². The molecule has 0 radical (unpaired) electrons. The van der Waals surface area contributed by atoms with Crippen LogP contribution in [0, 0.1) is 0 Å². The topological polar surface area (TPSA) is 75.4 Å². The zero-order chi connectivity index (χ0) is 15.1. The summed E-state index contributed by atoms with van der Waals surface area (Å²) < 4.78 is 0. The lowest BCUT2D eigenvalue weighted by Gasteiger charge is -2.18. The first-order valence-electron chi connectivity index (χ1n) is 6.60. The van der Waals surface area contributed by atoms with Gasteiger partial charge in [0.25, 0.3) is 5.91 Å². The molecule has 0 aliphatic carbocycles. The highest BCUT2D eigenvalue weighted by Crippen LogP contribution is 2.19. The highest BCUT2D eigenvalue weighted by molar-refractivity contribution is 6.33. The summed E-state index contributed by atoms with van der Waals surface area (Å²) in [6.45, 7) is 5.51. The summed E-state index contributed by atoms with van der Waals surface area (Å²) in [4.78, 5) is 25.4. The number of nitrogen functional groups attached to an aromatic ring is 1. The van der Waals surface area contributed by atoms with Crippen molar-refractivity contribution in [3.63, 3.8) is 0 Å². The van der Waals surface area contributed by atoms with Gasteiger partial charge in [-0.1, -0.05) is 11.6 Å². The number of rotatable bonds is 6. The lowest BCUT2D eigenvalue weighted by Crippen LogP contribution is -2.34. The van der Waals surface area contributed by atoms with Gasteiger partial charge in [-0.05, 0) is 32.0 Å². The van der Waals surface area contributed by atoms with E-state index in [0.717, 1.165) is 0 Å². The number of halogens is 1. The van der Waals surface area contributed by atoms with Gasteiger partial charge in [-0.3, -0.25) is 9.59 Å². The summed E-state index contributed by atoms with van der Waals surface area (Å²) in [6.07, 6.45) is 0.288. The Labute approximate surface area is 124 Å². The Kier molecular flexibility index (Phi) is 6.31. The second-order valence-electron chi connectivity index (χ2n) is 4.31. The number of hydrogen-bond donors (Lipinski definition) is 2. The van der Waals surface area contributed by atoms with Crippen LogP contribution in [0.5, 0.6) is 0 Å². The molecule has 5 nitrogen and oxygen atoms in total. The summed E-state index contributed by atoms with van der Waals surface area (Å²) in [6, 6.07) is 4.69. The number of anilines is 1. The average Bonchev–Trinajstić information content (AvgIpc) is 2.43. The average molecular weight is 298 g/mol. The number of carbonyl (C=O) groups excluding carboxylic acids is 2. The second-order valence-corrected chi connectivity index (χ2v) is 4.72. The molecule has 0 saturated carbocycles. The van der Waals surface area contributed by atoms with Crippen LogP contribution in [0.4, 0.5) is 5.69 Å². The number of nitrogens with two attached hydrogens (primary N) is 1. The maximum atomic E-state index is 11.9. The van der Waals surface area contributed by atoms with E-state index in [9.17, 15) is 9.59 Å². The van der Waals surface area contributed by atoms with Crippen molar-refractivity contribution in [2.45, 2.75) is 20.3 Å². The van der Waals surface area contributed by atoms with Gasteiger partial charge < -0.3 is 16.0 Å². The van der Waals surface area contributed by atoms with Gasteiger partial charge in [0.2, 0.25) is 5.91 Å². The van der Waals surface area contributed by atoms with Crippen LogP contribution in [0.3, 0.4) is 0 Å². The fourth-order valence-electron chi connectivity index (χ4n) is 1.79. The van der Waals surface area contributed by atoms with Crippen molar-refractivity contribution in [2.75, 3.05) is 25.4 Å². The molecule has 3 N–H and O–H groups in total. The van der Waals surface area contributed by atoms with E-state index >= 15 is 0 Å². The van der Waals surface area contributed by atoms with Crippen molar-refractivity contribution in [3.05, 3.63) is 28.8 Å². The van der Waals surface area contributed by atoms with E-state index in [0.29, 0.717) is 35.9 Å². The SMILES string of the molecule is CCN(CC)C(=O)CCNC(=O)c1ccc(N)c(Cl)c1. The minimum absolute atomic E-state index is 0.0330. The molecule has 0 heterocycles. The summed E-state index contributed by atoms with van der Waals surface area (Å²) >= 11 is 5.86. The molecule has 0 saturated heterocycles. The monoisotopic (exact) mass is 297 g/mol. The molecule has 0 fully saturated rings. The smallest absolute Gasteiger partial charge is 0.251 e. The molecular weight excluding hydrogens is 278 g/mol. The molecule has 6 heteroatoms. The molecule has 0 unspecified atom stereocenters. The van der Waals surface area contributed by atoms with Gasteiger partial charge in [0.05, 0.1) is 10.7 Å². The zero-order valence-electron chi connectivity index (χ0n) is 11.8. The maximum absolute atomic E-state index is 11.9. The van der Waals surface area contributed by atoms with Crippen LogP contribution in [0.15, 0.2) is 18.2 Å². The Morgan fingerprint density at radius 1 is 1.30 bits per heavy atom. The molecule has 0 aromatic heterocycles. The Morgan fingerprint density at radius 3 is 2.50 bits per heavy atom. The van der Waals surface area contributed by atoms with E-state index in [-0.39, 0.29) is 18.2 Å². The zero-order valence-corrected chi connectivity index (χ0v) is 12.5. The number of nitrogens with one attached hydrogen (secondary N) is 1. The van der Waals surface area contributed by atoms with Gasteiger partial charge in [0.15, 0.2) is 0 Å². The van der Waals surface area contributed by atoms with E-state index in [1.165, 1.54) is 6.07 Å². The number of hydrogen-bond acceptors (Lipinski definition) is 3. The highest BCUT2D eigenvalue weighted by atomic mass is 35.5. The number of amides is 2. The van der Waals surface area contributed by atoms with Gasteiger partial charge in [-0.2, -0.15) is 0 Å². The third-order valence-corrected chi connectivity index (χ3v) is 3.33. The molecule has 110 valence electrons. The maximum Gasteiger partial charge on any atom is 0.251 e. The minimum Gasteiger partial charge on any atom is -0.398 e. The summed E-state index contributed by atoms with van der Waals surface area (Å²) in [5, 5.41) is 3.04. The quantitative estimate of drug-likeness (QED) is 0.788. The predicted octanol–water partition coefficient (Wildman–Crippen LogP) is 1.91. The van der Waals surface area contributed by atoms with Crippen molar-refractivity contribution in [3.8, 4) is 0 Å². The Bertz CT molecular complexity index is 487. The van der Waals surface area contributed by atoms with E-state index in [1.807, 2.05) is 13.8 Å². The van der Waals surface area contributed by atoms with Crippen LogP contribution in [-0.2, 0) is 4.79 Å². The normalized spacial score (nSPS) is 10.2. The van der Waals surface area contributed by atoms with Gasteiger partial charge in [0.1, 0.15) is 0 Å². The van der Waals surface area contributed by atoms with Gasteiger partial charge in [-0.25, -0.2) is 0 Å². The van der Waals surface area contributed by atoms with Crippen LogP contribution in [0.2, 0.25) is 5.02 Å². The number of nitrogens with zero attached hydrogens (tertiary/aromatic N) is 1. The lowest BCUT2D eigenvalue weighted by molar-refractivity contribution is -0.130. The first-order chi connectivity index (χ1) is 9.49. The van der Waals surface area contributed by atoms with E-state index < -0.39 is 0 Å². The van der Waals surface area contributed by atoms with Crippen LogP contribution in [0.25, 0.3) is 0 Å². The predicted molar refractivity (Wildman–Crippen MR) is 80.7 cm³/mol. The van der Waals surface area contributed by atoms with Crippen molar-refractivity contribution < 1.29 is 9.59 Å². The molecule has 1 aromatic rings.